The van der Waals surface area contributed by atoms with Crippen LogP contribution in [-0.4, -0.2) is 18.0 Å². The fourth-order valence-corrected chi connectivity index (χ4v) is 4.25. The second kappa shape index (κ2) is 6.45. The number of sulfonamides is 1. The zero-order valence-corrected chi connectivity index (χ0v) is 16.3. The molecule has 0 aromatic carbocycles. The van der Waals surface area contributed by atoms with E-state index in [1.165, 1.54) is 4.52 Å². The molecule has 0 fully saturated rings. The molecule has 3 rings (SSSR count). The number of anilines is 1. The number of aryl methyl sites for hydroxylation is 1. The van der Waals surface area contributed by atoms with Gasteiger partial charge >= 0.3 is 0 Å². The van der Waals surface area contributed by atoms with Crippen molar-refractivity contribution in [2.75, 3.05) is 4.72 Å². The number of allylic oxidation sites excluding steroid dienone is 4. The van der Waals surface area contributed by atoms with Crippen LogP contribution in [0.15, 0.2) is 40.8 Å². The van der Waals surface area contributed by atoms with Crippen LogP contribution in [0.25, 0.3) is 5.52 Å². The predicted molar refractivity (Wildman–Crippen MR) is 102 cm³/mol. The van der Waals surface area contributed by atoms with Crippen molar-refractivity contribution in [3.05, 3.63) is 51.5 Å². The zero-order valence-electron chi connectivity index (χ0n) is 14.7. The van der Waals surface area contributed by atoms with Gasteiger partial charge in [-0.2, -0.15) is 10.4 Å². The van der Waals surface area contributed by atoms with Crippen LogP contribution in [0.5, 0.6) is 0 Å². The topological polar surface area (TPSA) is 87.3 Å². The molecule has 0 saturated heterocycles. The lowest BCUT2D eigenvalue weighted by molar-refractivity contribution is 0.561. The lowest BCUT2D eigenvalue weighted by Crippen LogP contribution is -2.20. The van der Waals surface area contributed by atoms with Gasteiger partial charge in [0.25, 0.3) is 10.0 Å². The Morgan fingerprint density at radius 2 is 2.04 bits per heavy atom. The lowest BCUT2D eigenvalue weighted by Gasteiger charge is -2.23. The number of halogens is 1. The van der Waals surface area contributed by atoms with Gasteiger partial charge in [-0.25, -0.2) is 12.9 Å². The van der Waals surface area contributed by atoms with Gasteiger partial charge in [-0.1, -0.05) is 23.3 Å². The first-order chi connectivity index (χ1) is 12.1. The van der Waals surface area contributed by atoms with Gasteiger partial charge in [-0.3, -0.25) is 4.72 Å². The highest BCUT2D eigenvalue weighted by Gasteiger charge is 2.27. The summed E-state index contributed by atoms with van der Waals surface area (Å²) >= 11 is 6.15. The molecule has 2 heterocycles. The molecule has 8 heteroatoms. The van der Waals surface area contributed by atoms with E-state index in [-0.39, 0.29) is 4.91 Å². The van der Waals surface area contributed by atoms with E-state index in [0.717, 1.165) is 11.3 Å². The Morgan fingerprint density at radius 3 is 2.65 bits per heavy atom. The molecule has 6 nitrogen and oxygen atoms in total. The van der Waals surface area contributed by atoms with Crippen molar-refractivity contribution >= 4 is 33.0 Å². The Morgan fingerprint density at radius 1 is 1.31 bits per heavy atom. The average molecular weight is 391 g/mol. The first-order valence-electron chi connectivity index (χ1n) is 8.13. The third-order valence-electron chi connectivity index (χ3n) is 4.47. The third-order valence-corrected chi connectivity index (χ3v) is 6.30. The Hall–Kier alpha value is -2.30. The first-order valence-corrected chi connectivity index (χ1v) is 9.99. The molecule has 136 valence electrons. The molecule has 0 amide bonds. The van der Waals surface area contributed by atoms with Crippen LogP contribution in [0, 0.1) is 23.7 Å². The predicted octanol–water partition coefficient (Wildman–Crippen LogP) is 4.19. The lowest BCUT2D eigenvalue weighted by atomic mass is 9.81. The molecular formula is C18H19ClN4O2S. The molecule has 1 aliphatic rings. The van der Waals surface area contributed by atoms with Gasteiger partial charge in [0, 0.05) is 0 Å². The van der Waals surface area contributed by atoms with Crippen molar-refractivity contribution in [1.29, 1.82) is 5.26 Å². The molecule has 1 aliphatic carbocycles. The van der Waals surface area contributed by atoms with Gasteiger partial charge in [0.2, 0.25) is 0 Å². The number of nitriles is 1. The number of nitrogens with zero attached hydrogens (tertiary/aromatic N) is 3. The van der Waals surface area contributed by atoms with Crippen molar-refractivity contribution < 1.29 is 8.42 Å². The SMILES string of the molecule is Cc1cc2c(Cl)ccc(NS(=O)(=O)C3=CC=C(C(C)(C)C#N)CC3)n2n1. The van der Waals surface area contributed by atoms with Crippen LogP contribution in [0.2, 0.25) is 5.02 Å². The molecule has 26 heavy (non-hydrogen) atoms. The van der Waals surface area contributed by atoms with Crippen molar-refractivity contribution in [3.8, 4) is 6.07 Å². The molecule has 0 spiro atoms. The Bertz CT molecular complexity index is 1090. The number of nitrogens with one attached hydrogen (secondary N) is 1. The van der Waals surface area contributed by atoms with Crippen LogP contribution in [-0.2, 0) is 10.0 Å². The summed E-state index contributed by atoms with van der Waals surface area (Å²) in [5, 5.41) is 14.0. The van der Waals surface area contributed by atoms with Crippen molar-refractivity contribution in [1.82, 2.24) is 9.61 Å². The summed E-state index contributed by atoms with van der Waals surface area (Å²) in [6.07, 6.45) is 4.18. The van der Waals surface area contributed by atoms with Crippen molar-refractivity contribution in [3.63, 3.8) is 0 Å². The van der Waals surface area contributed by atoms with Crippen molar-refractivity contribution in [2.45, 2.75) is 33.6 Å². The third kappa shape index (κ3) is 3.35. The van der Waals surface area contributed by atoms with E-state index in [2.05, 4.69) is 15.9 Å². The van der Waals surface area contributed by atoms with Crippen LogP contribution in [0.1, 0.15) is 32.4 Å². The van der Waals surface area contributed by atoms with Gasteiger partial charge in [-0.05, 0) is 57.9 Å². The molecule has 2 aromatic rings. The number of hydrogen-bond acceptors (Lipinski definition) is 4. The summed E-state index contributed by atoms with van der Waals surface area (Å²) in [5.74, 6) is 0.325. The van der Waals surface area contributed by atoms with E-state index in [9.17, 15) is 13.7 Å². The normalized spacial score (nSPS) is 15.3. The quantitative estimate of drug-likeness (QED) is 0.847. The van der Waals surface area contributed by atoms with E-state index < -0.39 is 15.4 Å². The summed E-state index contributed by atoms with van der Waals surface area (Å²) < 4.78 is 29.6. The summed E-state index contributed by atoms with van der Waals surface area (Å²) in [4.78, 5) is 0.280. The van der Waals surface area contributed by atoms with Gasteiger partial charge in [0.1, 0.15) is 5.82 Å². The molecule has 0 radical (unpaired) electrons. The van der Waals surface area contributed by atoms with Crippen LogP contribution >= 0.6 is 11.6 Å². The van der Waals surface area contributed by atoms with E-state index >= 15 is 0 Å². The Kier molecular flexibility index (Phi) is 4.59. The molecule has 2 aromatic heterocycles. The maximum absolute atomic E-state index is 12.8. The summed E-state index contributed by atoms with van der Waals surface area (Å²) in [5.41, 5.74) is 1.70. The second-order valence-electron chi connectivity index (χ2n) is 6.82. The molecule has 0 bridgehead atoms. The van der Waals surface area contributed by atoms with E-state index in [4.69, 9.17) is 11.6 Å². The van der Waals surface area contributed by atoms with Crippen LogP contribution in [0.3, 0.4) is 0 Å². The minimum absolute atomic E-state index is 0.280. The van der Waals surface area contributed by atoms with E-state index in [1.54, 1.807) is 30.4 Å². The number of fused-ring (bicyclic) bond motifs is 1. The maximum Gasteiger partial charge on any atom is 0.259 e. The fourth-order valence-electron chi connectivity index (χ4n) is 2.88. The van der Waals surface area contributed by atoms with Gasteiger partial charge in [0.05, 0.1) is 32.6 Å². The molecule has 0 unspecified atom stereocenters. The number of aromatic nitrogens is 2. The van der Waals surface area contributed by atoms with Crippen LogP contribution in [0.4, 0.5) is 5.82 Å². The van der Waals surface area contributed by atoms with E-state index in [1.807, 2.05) is 20.8 Å². The van der Waals surface area contributed by atoms with Crippen LogP contribution < -0.4 is 4.72 Å². The van der Waals surface area contributed by atoms with Gasteiger partial charge in [0.15, 0.2) is 0 Å². The Balaban J connectivity index is 1.94. The minimum Gasteiger partial charge on any atom is -0.264 e. The summed E-state index contributed by atoms with van der Waals surface area (Å²) in [6.45, 7) is 5.47. The summed E-state index contributed by atoms with van der Waals surface area (Å²) in [6, 6.07) is 7.26. The molecule has 1 N–H and O–H groups in total. The highest BCUT2D eigenvalue weighted by atomic mass is 35.5. The first kappa shape index (κ1) is 18.5. The Labute approximate surface area is 157 Å². The maximum atomic E-state index is 12.8. The smallest absolute Gasteiger partial charge is 0.259 e. The molecule has 0 aliphatic heterocycles. The monoisotopic (exact) mass is 390 g/mol. The minimum atomic E-state index is -3.73. The van der Waals surface area contributed by atoms with Gasteiger partial charge < -0.3 is 0 Å². The van der Waals surface area contributed by atoms with Crippen molar-refractivity contribution in [2.24, 2.45) is 5.41 Å². The molecule has 0 atom stereocenters. The van der Waals surface area contributed by atoms with E-state index in [0.29, 0.717) is 29.2 Å². The second-order valence-corrected chi connectivity index (χ2v) is 8.96. The zero-order chi connectivity index (χ0) is 19.1. The largest absolute Gasteiger partial charge is 0.264 e. The number of rotatable bonds is 4. The average Bonchev–Trinajstić information content (AvgIpc) is 3.00. The highest BCUT2D eigenvalue weighted by molar-refractivity contribution is 7.96. The fraction of sp³-hybridized carbons (Fsp3) is 0.333. The number of pyridine rings is 1. The summed E-state index contributed by atoms with van der Waals surface area (Å²) in [7, 11) is -3.73. The molecular weight excluding hydrogens is 372 g/mol. The highest BCUT2D eigenvalue weighted by Crippen LogP contribution is 2.34. The number of hydrogen-bond donors (Lipinski definition) is 1. The standard InChI is InChI=1S/C18H19ClN4O2S/c1-12-10-16-15(19)8-9-17(23(16)21-12)22-26(24,25)14-6-4-13(5-7-14)18(2,3)11-20/h4,6,8-10,22H,5,7H2,1-3H3. The molecule has 0 saturated carbocycles. The van der Waals surface area contributed by atoms with Gasteiger partial charge in [-0.15, -0.1) is 0 Å².